The van der Waals surface area contributed by atoms with Gasteiger partial charge in [-0.25, -0.2) is 4.98 Å². The third kappa shape index (κ3) is 4.53. The molecule has 2 heterocycles. The molecule has 7 heteroatoms. The van der Waals surface area contributed by atoms with Crippen LogP contribution in [-0.2, 0) is 6.18 Å². The van der Waals surface area contributed by atoms with Crippen LogP contribution in [0, 0.1) is 0 Å². The summed E-state index contributed by atoms with van der Waals surface area (Å²) in [6.45, 7) is 2.00. The minimum Gasteiger partial charge on any atom is -0.370 e. The fourth-order valence-electron chi connectivity index (χ4n) is 2.98. The van der Waals surface area contributed by atoms with Gasteiger partial charge in [0.15, 0.2) is 0 Å². The first-order valence-corrected chi connectivity index (χ1v) is 8.63. The van der Waals surface area contributed by atoms with E-state index >= 15 is 0 Å². The van der Waals surface area contributed by atoms with E-state index in [0.717, 1.165) is 55.9 Å². The average Bonchev–Trinajstić information content (AvgIpc) is 2.91. The molecular formula is C19H20F3N3O. The Bertz CT molecular complexity index is 734. The molecule has 3 rings (SSSR count). The molecule has 4 nitrogen and oxygen atoms in total. The third-order valence-electron chi connectivity index (χ3n) is 4.44. The molecule has 1 aromatic heterocycles. The monoisotopic (exact) mass is 363 g/mol. The van der Waals surface area contributed by atoms with Crippen LogP contribution in [0.1, 0.15) is 41.6 Å². The Morgan fingerprint density at radius 2 is 1.62 bits per heavy atom. The zero-order chi connectivity index (χ0) is 18.6. The van der Waals surface area contributed by atoms with Gasteiger partial charge in [0.25, 0.3) is 5.91 Å². The summed E-state index contributed by atoms with van der Waals surface area (Å²) in [5.41, 5.74) is 0.379. The maximum Gasteiger partial charge on any atom is 0.416 e. The number of carbonyl (C=O) groups is 1. The van der Waals surface area contributed by atoms with Crippen LogP contribution < -0.4 is 10.2 Å². The van der Waals surface area contributed by atoms with Crippen molar-refractivity contribution >= 4 is 17.4 Å². The maximum atomic E-state index is 12.6. The summed E-state index contributed by atoms with van der Waals surface area (Å²) in [5.74, 6) is -0.123. The van der Waals surface area contributed by atoms with Crippen molar-refractivity contribution in [2.75, 3.05) is 23.3 Å². The van der Waals surface area contributed by atoms with Gasteiger partial charge in [-0.15, -0.1) is 0 Å². The highest BCUT2D eigenvalue weighted by Crippen LogP contribution is 2.29. The minimum absolute atomic E-state index is 0.149. The van der Waals surface area contributed by atoms with Crippen LogP contribution in [-0.4, -0.2) is 24.0 Å². The van der Waals surface area contributed by atoms with E-state index in [0.29, 0.717) is 5.82 Å². The van der Waals surface area contributed by atoms with Crippen LogP contribution in [0.4, 0.5) is 24.7 Å². The molecule has 1 aromatic carbocycles. The second-order valence-corrected chi connectivity index (χ2v) is 6.33. The number of benzene rings is 1. The van der Waals surface area contributed by atoms with Crippen LogP contribution >= 0.6 is 0 Å². The van der Waals surface area contributed by atoms with E-state index in [4.69, 9.17) is 0 Å². The zero-order valence-corrected chi connectivity index (χ0v) is 14.2. The van der Waals surface area contributed by atoms with E-state index < -0.39 is 17.6 Å². The smallest absolute Gasteiger partial charge is 0.370 e. The van der Waals surface area contributed by atoms with E-state index in [9.17, 15) is 18.0 Å². The summed E-state index contributed by atoms with van der Waals surface area (Å²) in [7, 11) is 0. The molecule has 2 aromatic rings. The van der Waals surface area contributed by atoms with E-state index in [2.05, 4.69) is 15.2 Å². The Kier molecular flexibility index (Phi) is 5.44. The van der Waals surface area contributed by atoms with Crippen LogP contribution in [0.15, 0.2) is 42.6 Å². The molecule has 0 bridgehead atoms. The van der Waals surface area contributed by atoms with Gasteiger partial charge in [0.2, 0.25) is 0 Å². The third-order valence-corrected chi connectivity index (χ3v) is 4.44. The summed E-state index contributed by atoms with van der Waals surface area (Å²) in [6.07, 6.45) is 2.10. The Hall–Kier alpha value is -2.57. The molecule has 1 aliphatic heterocycles. The van der Waals surface area contributed by atoms with E-state index in [-0.39, 0.29) is 5.56 Å². The Balaban J connectivity index is 1.64. The maximum absolute atomic E-state index is 12.6. The fraction of sp³-hybridized carbons (Fsp3) is 0.368. The Morgan fingerprint density at radius 3 is 2.15 bits per heavy atom. The number of halogens is 3. The second-order valence-electron chi connectivity index (χ2n) is 6.33. The molecule has 138 valence electrons. The molecule has 26 heavy (non-hydrogen) atoms. The summed E-state index contributed by atoms with van der Waals surface area (Å²) in [4.78, 5) is 18.7. The van der Waals surface area contributed by atoms with Crippen molar-refractivity contribution in [2.45, 2.75) is 31.9 Å². The highest BCUT2D eigenvalue weighted by Gasteiger charge is 2.30. The molecule has 0 spiro atoms. The van der Waals surface area contributed by atoms with Gasteiger partial charge in [-0.2, -0.15) is 13.2 Å². The highest BCUT2D eigenvalue weighted by atomic mass is 19.4. The topological polar surface area (TPSA) is 45.2 Å². The Morgan fingerprint density at radius 1 is 0.962 bits per heavy atom. The zero-order valence-electron chi connectivity index (χ0n) is 14.2. The number of nitrogens with zero attached hydrogens (tertiary/aromatic N) is 2. The molecule has 1 aliphatic rings. The van der Waals surface area contributed by atoms with Gasteiger partial charge in [0.1, 0.15) is 5.82 Å². The summed E-state index contributed by atoms with van der Waals surface area (Å²) < 4.78 is 37.7. The molecule has 0 radical (unpaired) electrons. The van der Waals surface area contributed by atoms with Gasteiger partial charge in [-0.05, 0) is 49.2 Å². The lowest BCUT2D eigenvalue weighted by Crippen LogP contribution is -2.24. The summed E-state index contributed by atoms with van der Waals surface area (Å²) in [6, 6.07) is 7.71. The van der Waals surface area contributed by atoms with Crippen molar-refractivity contribution in [3.8, 4) is 0 Å². The van der Waals surface area contributed by atoms with Gasteiger partial charge in [-0.1, -0.05) is 12.8 Å². The highest BCUT2D eigenvalue weighted by molar-refractivity contribution is 6.03. The first kappa shape index (κ1) is 18.2. The number of amides is 1. The van der Waals surface area contributed by atoms with Crippen LogP contribution in [0.2, 0.25) is 0 Å². The van der Waals surface area contributed by atoms with Crippen molar-refractivity contribution in [1.82, 2.24) is 4.98 Å². The molecular weight excluding hydrogens is 343 g/mol. The number of hydrogen-bond donors (Lipinski definition) is 1. The molecule has 1 N–H and O–H groups in total. The lowest BCUT2D eigenvalue weighted by Gasteiger charge is -2.22. The van der Waals surface area contributed by atoms with E-state index in [1.807, 2.05) is 6.07 Å². The largest absolute Gasteiger partial charge is 0.416 e. The van der Waals surface area contributed by atoms with Crippen LogP contribution in [0.3, 0.4) is 0 Å². The summed E-state index contributed by atoms with van der Waals surface area (Å²) >= 11 is 0. The van der Waals surface area contributed by atoms with Gasteiger partial charge in [0, 0.05) is 18.7 Å². The number of pyridine rings is 1. The molecule has 0 atom stereocenters. The average molecular weight is 363 g/mol. The molecule has 1 saturated heterocycles. The van der Waals surface area contributed by atoms with Crippen LogP contribution in [0.5, 0.6) is 0 Å². The number of hydrogen-bond acceptors (Lipinski definition) is 3. The Labute approximate surface area is 150 Å². The van der Waals surface area contributed by atoms with Crippen molar-refractivity contribution in [3.63, 3.8) is 0 Å². The van der Waals surface area contributed by atoms with Crippen LogP contribution in [0.25, 0.3) is 0 Å². The number of alkyl halides is 3. The molecule has 0 aliphatic carbocycles. The first-order chi connectivity index (χ1) is 12.4. The number of nitrogens with one attached hydrogen (secondary N) is 1. The second kappa shape index (κ2) is 7.76. The van der Waals surface area contributed by atoms with E-state index in [1.165, 1.54) is 12.8 Å². The van der Waals surface area contributed by atoms with Gasteiger partial charge in [-0.3, -0.25) is 4.79 Å². The quantitative estimate of drug-likeness (QED) is 0.857. The van der Waals surface area contributed by atoms with Crippen molar-refractivity contribution in [3.05, 3.63) is 53.7 Å². The normalized spacial score (nSPS) is 15.4. The minimum atomic E-state index is -4.42. The lowest BCUT2D eigenvalue weighted by atomic mass is 10.1. The van der Waals surface area contributed by atoms with Gasteiger partial charge >= 0.3 is 6.18 Å². The first-order valence-electron chi connectivity index (χ1n) is 8.63. The number of rotatable bonds is 3. The standard InChI is InChI=1S/C19H20F3N3O/c20-19(21,22)15-7-5-14(6-8-15)18(26)24-17-10-9-16(13-23-17)25-11-3-1-2-4-12-25/h5-10,13H,1-4,11-12H2,(H,23,24,26). The number of aromatic nitrogens is 1. The summed E-state index contributed by atoms with van der Waals surface area (Å²) in [5, 5.41) is 2.61. The van der Waals surface area contributed by atoms with Crippen molar-refractivity contribution in [1.29, 1.82) is 0 Å². The number of carbonyl (C=O) groups excluding carboxylic acids is 1. The van der Waals surface area contributed by atoms with E-state index in [1.54, 1.807) is 12.3 Å². The SMILES string of the molecule is O=C(Nc1ccc(N2CCCCCC2)cn1)c1ccc(C(F)(F)F)cc1. The molecule has 1 fully saturated rings. The van der Waals surface area contributed by atoms with Crippen molar-refractivity contribution in [2.24, 2.45) is 0 Å². The predicted octanol–water partition coefficient (Wildman–Crippen LogP) is 4.73. The molecule has 0 saturated carbocycles. The van der Waals surface area contributed by atoms with Gasteiger partial charge < -0.3 is 10.2 Å². The van der Waals surface area contributed by atoms with Gasteiger partial charge in [0.05, 0.1) is 17.4 Å². The fourth-order valence-corrected chi connectivity index (χ4v) is 2.98. The molecule has 1 amide bonds. The number of anilines is 2. The lowest BCUT2D eigenvalue weighted by molar-refractivity contribution is -0.137. The predicted molar refractivity (Wildman–Crippen MR) is 94.3 cm³/mol. The molecule has 0 unspecified atom stereocenters. The van der Waals surface area contributed by atoms with Crippen molar-refractivity contribution < 1.29 is 18.0 Å².